The van der Waals surface area contributed by atoms with Crippen molar-refractivity contribution in [2.45, 2.75) is 19.6 Å². The largest absolute Gasteiger partial charge is 0.493 e. The fraction of sp³-hybridized carbons (Fsp3) is 0.533. The van der Waals surface area contributed by atoms with E-state index in [1.807, 2.05) is 31.2 Å². The zero-order valence-electron chi connectivity index (χ0n) is 12.8. The van der Waals surface area contributed by atoms with Gasteiger partial charge in [-0.15, -0.1) is 0 Å². The third-order valence-electron chi connectivity index (χ3n) is 2.91. The lowest BCUT2D eigenvalue weighted by Crippen LogP contribution is -2.41. The summed E-state index contributed by atoms with van der Waals surface area (Å²) in [5, 5.41) is 5.41. The van der Waals surface area contributed by atoms with Gasteiger partial charge in [0.15, 0.2) is 6.29 Å². The zero-order valence-corrected chi connectivity index (χ0v) is 12.8. The van der Waals surface area contributed by atoms with Gasteiger partial charge >= 0.3 is 6.03 Å². The van der Waals surface area contributed by atoms with Crippen LogP contribution in [-0.2, 0) is 9.47 Å². The van der Waals surface area contributed by atoms with E-state index in [9.17, 15) is 4.79 Å². The molecule has 0 aliphatic rings. The monoisotopic (exact) mass is 296 g/mol. The summed E-state index contributed by atoms with van der Waals surface area (Å²) in [6.07, 6.45) is 0.305. The van der Waals surface area contributed by atoms with Gasteiger partial charge in [-0.05, 0) is 25.0 Å². The first-order valence-corrected chi connectivity index (χ1v) is 6.93. The van der Waals surface area contributed by atoms with Crippen LogP contribution in [-0.4, -0.2) is 46.2 Å². The normalized spacial score (nSPS) is 10.5. The van der Waals surface area contributed by atoms with Gasteiger partial charge in [0.2, 0.25) is 0 Å². The van der Waals surface area contributed by atoms with E-state index in [0.717, 1.165) is 17.7 Å². The first-order chi connectivity index (χ1) is 10.2. The van der Waals surface area contributed by atoms with Gasteiger partial charge in [0.1, 0.15) is 5.75 Å². The molecule has 2 N–H and O–H groups in total. The van der Waals surface area contributed by atoms with Crippen molar-refractivity contribution in [2.24, 2.45) is 0 Å². The summed E-state index contributed by atoms with van der Waals surface area (Å²) in [6, 6.07) is 7.61. The summed E-state index contributed by atoms with van der Waals surface area (Å²) >= 11 is 0. The minimum atomic E-state index is -0.430. The lowest BCUT2D eigenvalue weighted by molar-refractivity contribution is -0.0971. The van der Waals surface area contributed by atoms with Crippen molar-refractivity contribution < 1.29 is 19.0 Å². The number of rotatable bonds is 9. The molecule has 0 saturated heterocycles. The highest BCUT2D eigenvalue weighted by Gasteiger charge is 2.06. The summed E-state index contributed by atoms with van der Waals surface area (Å²) < 4.78 is 15.6. The quantitative estimate of drug-likeness (QED) is 0.537. The topological polar surface area (TPSA) is 68.8 Å². The van der Waals surface area contributed by atoms with Gasteiger partial charge in [0.05, 0.1) is 13.2 Å². The highest BCUT2D eigenvalue weighted by molar-refractivity contribution is 5.73. The van der Waals surface area contributed by atoms with Gasteiger partial charge < -0.3 is 24.8 Å². The smallest absolute Gasteiger partial charge is 0.314 e. The Kier molecular flexibility index (Phi) is 8.23. The van der Waals surface area contributed by atoms with Crippen molar-refractivity contribution in [3.63, 3.8) is 0 Å². The number of hydrogen-bond donors (Lipinski definition) is 2. The van der Waals surface area contributed by atoms with Crippen LogP contribution in [0, 0.1) is 6.92 Å². The molecule has 0 spiro atoms. The van der Waals surface area contributed by atoms with Crippen LogP contribution in [0.4, 0.5) is 4.79 Å². The number of ether oxygens (including phenoxy) is 3. The highest BCUT2D eigenvalue weighted by Crippen LogP contribution is 2.15. The average Bonchev–Trinajstić information content (AvgIpc) is 2.49. The maximum atomic E-state index is 11.5. The summed E-state index contributed by atoms with van der Waals surface area (Å²) in [5.74, 6) is 0.880. The number of methoxy groups -OCH3 is 2. The number of carbonyl (C=O) groups excluding carboxylic acids is 1. The van der Waals surface area contributed by atoms with Crippen LogP contribution >= 0.6 is 0 Å². The summed E-state index contributed by atoms with van der Waals surface area (Å²) in [7, 11) is 3.05. The van der Waals surface area contributed by atoms with Crippen LogP contribution in [0.3, 0.4) is 0 Å². The fourth-order valence-corrected chi connectivity index (χ4v) is 1.68. The van der Waals surface area contributed by atoms with Gasteiger partial charge in [-0.25, -0.2) is 4.79 Å². The molecule has 21 heavy (non-hydrogen) atoms. The van der Waals surface area contributed by atoms with Crippen molar-refractivity contribution in [3.05, 3.63) is 29.8 Å². The molecular weight excluding hydrogens is 272 g/mol. The predicted octanol–water partition coefficient (Wildman–Crippen LogP) is 1.68. The molecule has 0 fully saturated rings. The second-order valence-electron chi connectivity index (χ2n) is 4.51. The minimum absolute atomic E-state index is 0.245. The molecule has 1 aromatic rings. The van der Waals surface area contributed by atoms with E-state index in [0.29, 0.717) is 19.7 Å². The third-order valence-corrected chi connectivity index (χ3v) is 2.91. The lowest BCUT2D eigenvalue weighted by atomic mass is 10.2. The van der Waals surface area contributed by atoms with Crippen molar-refractivity contribution in [3.8, 4) is 5.75 Å². The molecule has 0 radical (unpaired) electrons. The molecular formula is C15H24N2O4. The minimum Gasteiger partial charge on any atom is -0.493 e. The second-order valence-corrected chi connectivity index (χ2v) is 4.51. The van der Waals surface area contributed by atoms with Crippen molar-refractivity contribution in [1.29, 1.82) is 0 Å². The Hall–Kier alpha value is -1.79. The summed E-state index contributed by atoms with van der Waals surface area (Å²) in [6.45, 7) is 3.41. The molecule has 0 aliphatic heterocycles. The van der Waals surface area contributed by atoms with Gasteiger partial charge in [0, 0.05) is 20.8 Å². The molecule has 1 rings (SSSR count). The van der Waals surface area contributed by atoms with Crippen LogP contribution in [0.25, 0.3) is 0 Å². The molecule has 0 unspecified atom stereocenters. The molecule has 0 atom stereocenters. The summed E-state index contributed by atoms with van der Waals surface area (Å²) in [4.78, 5) is 11.5. The molecule has 0 bridgehead atoms. The number of aryl methyl sites for hydroxylation is 1. The Morgan fingerprint density at radius 3 is 2.57 bits per heavy atom. The van der Waals surface area contributed by atoms with E-state index < -0.39 is 6.29 Å². The first kappa shape index (κ1) is 17.3. The Labute approximate surface area is 125 Å². The van der Waals surface area contributed by atoms with Crippen LogP contribution < -0.4 is 15.4 Å². The summed E-state index contributed by atoms with van der Waals surface area (Å²) in [5.41, 5.74) is 1.10. The van der Waals surface area contributed by atoms with Crippen LogP contribution in [0.5, 0.6) is 5.75 Å². The Bertz CT molecular complexity index is 422. The van der Waals surface area contributed by atoms with E-state index >= 15 is 0 Å². The zero-order chi connectivity index (χ0) is 15.5. The molecule has 0 aromatic heterocycles. The van der Waals surface area contributed by atoms with E-state index in [1.54, 1.807) is 0 Å². The van der Waals surface area contributed by atoms with Crippen LogP contribution in [0.2, 0.25) is 0 Å². The van der Waals surface area contributed by atoms with E-state index in [1.165, 1.54) is 14.2 Å². The number of benzene rings is 1. The maximum Gasteiger partial charge on any atom is 0.314 e. The van der Waals surface area contributed by atoms with Crippen LogP contribution in [0.15, 0.2) is 24.3 Å². The average molecular weight is 296 g/mol. The number of nitrogens with one attached hydrogen (secondary N) is 2. The van der Waals surface area contributed by atoms with Crippen molar-refractivity contribution in [1.82, 2.24) is 10.6 Å². The van der Waals surface area contributed by atoms with Crippen molar-refractivity contribution in [2.75, 3.05) is 33.9 Å². The fourth-order valence-electron chi connectivity index (χ4n) is 1.68. The molecule has 1 aromatic carbocycles. The van der Waals surface area contributed by atoms with Gasteiger partial charge in [0.25, 0.3) is 0 Å². The SMILES string of the molecule is COC(CNC(=O)NCCCOc1ccccc1C)OC. The standard InChI is InChI=1S/C15H24N2O4/c1-12-7-4-5-8-13(12)21-10-6-9-16-15(18)17-11-14(19-2)20-3/h4-5,7-8,14H,6,9-11H2,1-3H3,(H2,16,17,18). The molecule has 0 aliphatic carbocycles. The maximum absolute atomic E-state index is 11.5. The number of hydrogen-bond acceptors (Lipinski definition) is 4. The Morgan fingerprint density at radius 1 is 1.19 bits per heavy atom. The molecule has 6 nitrogen and oxygen atoms in total. The highest BCUT2D eigenvalue weighted by atomic mass is 16.7. The molecule has 0 saturated carbocycles. The number of urea groups is 1. The molecule has 0 heterocycles. The van der Waals surface area contributed by atoms with Crippen LogP contribution in [0.1, 0.15) is 12.0 Å². The lowest BCUT2D eigenvalue weighted by Gasteiger charge is -2.14. The van der Waals surface area contributed by atoms with E-state index in [-0.39, 0.29) is 6.03 Å². The van der Waals surface area contributed by atoms with Gasteiger partial charge in [-0.2, -0.15) is 0 Å². The molecule has 6 heteroatoms. The number of amides is 2. The molecule has 2 amide bonds. The second kappa shape index (κ2) is 10.0. The first-order valence-electron chi connectivity index (χ1n) is 6.93. The van der Waals surface area contributed by atoms with Gasteiger partial charge in [-0.1, -0.05) is 18.2 Å². The molecule has 118 valence electrons. The number of carbonyl (C=O) groups is 1. The number of para-hydroxylation sites is 1. The van der Waals surface area contributed by atoms with E-state index in [2.05, 4.69) is 10.6 Å². The van der Waals surface area contributed by atoms with E-state index in [4.69, 9.17) is 14.2 Å². The Morgan fingerprint density at radius 2 is 1.90 bits per heavy atom. The van der Waals surface area contributed by atoms with Crippen molar-refractivity contribution >= 4 is 6.03 Å². The predicted molar refractivity (Wildman–Crippen MR) is 80.5 cm³/mol. The van der Waals surface area contributed by atoms with Gasteiger partial charge in [-0.3, -0.25) is 0 Å². The third kappa shape index (κ3) is 6.97. The Balaban J connectivity index is 2.08.